The van der Waals surface area contributed by atoms with Crippen LogP contribution < -0.4 is 5.73 Å². The van der Waals surface area contributed by atoms with E-state index in [0.717, 1.165) is 12.0 Å². The van der Waals surface area contributed by atoms with Gasteiger partial charge in [0.25, 0.3) is 0 Å². The maximum atomic E-state index is 12.2. The number of rotatable bonds is 5. The Balaban J connectivity index is 1.83. The Kier molecular flexibility index (Phi) is 5.33. The van der Waals surface area contributed by atoms with Crippen LogP contribution in [0.1, 0.15) is 37.3 Å². The van der Waals surface area contributed by atoms with Crippen LogP contribution in [0.5, 0.6) is 0 Å². The Hall–Kier alpha value is -1.88. The molecule has 1 aromatic carbocycles. The van der Waals surface area contributed by atoms with Crippen LogP contribution in [0.3, 0.4) is 0 Å². The number of carbonyl (C=O) groups excluding carboxylic acids is 1. The van der Waals surface area contributed by atoms with Crippen LogP contribution in [0, 0.1) is 5.92 Å². The Bertz CT molecular complexity index is 490. The van der Waals surface area contributed by atoms with Gasteiger partial charge in [0.15, 0.2) is 0 Å². The molecule has 3 N–H and O–H groups in total. The summed E-state index contributed by atoms with van der Waals surface area (Å²) in [7, 11) is 0. The third-order valence-corrected chi connectivity index (χ3v) is 4.02. The molecule has 1 saturated heterocycles. The van der Waals surface area contributed by atoms with Gasteiger partial charge in [-0.2, -0.15) is 0 Å². The van der Waals surface area contributed by atoms with Crippen LogP contribution in [0.25, 0.3) is 0 Å². The number of nitrogens with two attached hydrogens (primary N) is 1. The van der Waals surface area contributed by atoms with Crippen molar-refractivity contribution in [1.29, 1.82) is 0 Å². The van der Waals surface area contributed by atoms with Crippen LogP contribution in [-0.2, 0) is 9.59 Å². The summed E-state index contributed by atoms with van der Waals surface area (Å²) in [6, 6.07) is 9.54. The Morgan fingerprint density at radius 1 is 1.33 bits per heavy atom. The highest BCUT2D eigenvalue weighted by molar-refractivity contribution is 5.78. The van der Waals surface area contributed by atoms with Crippen LogP contribution in [-0.4, -0.2) is 35.0 Å². The van der Waals surface area contributed by atoms with E-state index in [2.05, 4.69) is 0 Å². The molecule has 2 atom stereocenters. The van der Waals surface area contributed by atoms with E-state index in [1.807, 2.05) is 30.3 Å². The molecule has 0 bridgehead atoms. The SMILES string of the molecule is NC(CCC(=O)N1CCC[C@@H](C(=O)O)C1)c1ccccc1. The lowest BCUT2D eigenvalue weighted by atomic mass is 9.97. The van der Waals surface area contributed by atoms with Crippen molar-refractivity contribution in [3.8, 4) is 0 Å². The zero-order valence-corrected chi connectivity index (χ0v) is 12.1. The summed E-state index contributed by atoms with van der Waals surface area (Å²) >= 11 is 0. The zero-order valence-electron chi connectivity index (χ0n) is 12.1. The first-order valence-electron chi connectivity index (χ1n) is 7.39. The van der Waals surface area contributed by atoms with E-state index in [0.29, 0.717) is 32.4 Å². The summed E-state index contributed by atoms with van der Waals surface area (Å²) in [5.74, 6) is -1.23. The van der Waals surface area contributed by atoms with Gasteiger partial charge >= 0.3 is 5.97 Å². The fourth-order valence-corrected chi connectivity index (χ4v) is 2.71. The van der Waals surface area contributed by atoms with Crippen molar-refractivity contribution in [3.05, 3.63) is 35.9 Å². The molecule has 1 amide bonds. The Labute approximate surface area is 124 Å². The van der Waals surface area contributed by atoms with Crippen LogP contribution in [0.4, 0.5) is 0 Å². The lowest BCUT2D eigenvalue weighted by Crippen LogP contribution is -2.42. The molecule has 5 nitrogen and oxygen atoms in total. The highest BCUT2D eigenvalue weighted by Crippen LogP contribution is 2.20. The van der Waals surface area contributed by atoms with E-state index >= 15 is 0 Å². The predicted octanol–water partition coefficient (Wildman–Crippen LogP) is 1.79. The summed E-state index contributed by atoms with van der Waals surface area (Å²) in [5, 5.41) is 9.05. The number of hydrogen-bond donors (Lipinski definition) is 2. The monoisotopic (exact) mass is 290 g/mol. The topological polar surface area (TPSA) is 83.6 Å². The minimum atomic E-state index is -0.812. The highest BCUT2D eigenvalue weighted by Gasteiger charge is 2.28. The number of amides is 1. The van der Waals surface area contributed by atoms with E-state index in [1.54, 1.807) is 4.90 Å². The van der Waals surface area contributed by atoms with E-state index in [4.69, 9.17) is 10.8 Å². The Morgan fingerprint density at radius 3 is 2.71 bits per heavy atom. The molecule has 0 saturated carbocycles. The Morgan fingerprint density at radius 2 is 2.05 bits per heavy atom. The lowest BCUT2D eigenvalue weighted by molar-refractivity contribution is -0.145. The molecule has 0 aromatic heterocycles. The van der Waals surface area contributed by atoms with Gasteiger partial charge in [-0.3, -0.25) is 9.59 Å². The van der Waals surface area contributed by atoms with E-state index in [1.165, 1.54) is 0 Å². The maximum absolute atomic E-state index is 12.2. The van der Waals surface area contributed by atoms with Crippen molar-refractivity contribution in [1.82, 2.24) is 4.90 Å². The van der Waals surface area contributed by atoms with Crippen molar-refractivity contribution in [2.75, 3.05) is 13.1 Å². The van der Waals surface area contributed by atoms with Gasteiger partial charge in [0.1, 0.15) is 0 Å². The minimum absolute atomic E-state index is 0.00679. The number of benzene rings is 1. The van der Waals surface area contributed by atoms with E-state index in [-0.39, 0.29) is 11.9 Å². The number of hydrogen-bond acceptors (Lipinski definition) is 3. The van der Waals surface area contributed by atoms with Gasteiger partial charge in [-0.15, -0.1) is 0 Å². The van der Waals surface area contributed by atoms with Crippen molar-refractivity contribution in [2.45, 2.75) is 31.7 Å². The largest absolute Gasteiger partial charge is 0.481 e. The molecule has 0 spiro atoms. The third kappa shape index (κ3) is 4.29. The second-order valence-corrected chi connectivity index (χ2v) is 5.57. The van der Waals surface area contributed by atoms with Crippen LogP contribution in [0.15, 0.2) is 30.3 Å². The first-order chi connectivity index (χ1) is 10.1. The highest BCUT2D eigenvalue weighted by atomic mass is 16.4. The second-order valence-electron chi connectivity index (χ2n) is 5.57. The van der Waals surface area contributed by atoms with Gasteiger partial charge in [-0.25, -0.2) is 0 Å². The fourth-order valence-electron chi connectivity index (χ4n) is 2.71. The molecule has 0 aliphatic carbocycles. The molecule has 1 aliphatic heterocycles. The average molecular weight is 290 g/mol. The molecule has 1 unspecified atom stereocenters. The number of carbonyl (C=O) groups is 2. The molecule has 114 valence electrons. The number of piperidine rings is 1. The first-order valence-corrected chi connectivity index (χ1v) is 7.39. The average Bonchev–Trinajstić information content (AvgIpc) is 2.53. The number of carboxylic acids is 1. The summed E-state index contributed by atoms with van der Waals surface area (Å²) in [6.07, 6.45) is 2.36. The van der Waals surface area contributed by atoms with Crippen molar-refractivity contribution < 1.29 is 14.7 Å². The van der Waals surface area contributed by atoms with Crippen molar-refractivity contribution in [2.24, 2.45) is 11.7 Å². The number of carboxylic acid groups (broad SMARTS) is 1. The molecular formula is C16H22N2O3. The van der Waals surface area contributed by atoms with Gasteiger partial charge in [0.05, 0.1) is 5.92 Å². The molecule has 0 radical (unpaired) electrons. The first kappa shape index (κ1) is 15.5. The number of likely N-dealkylation sites (tertiary alicyclic amines) is 1. The van der Waals surface area contributed by atoms with Gasteiger partial charge < -0.3 is 15.7 Å². The van der Waals surface area contributed by atoms with E-state index in [9.17, 15) is 9.59 Å². The molecular weight excluding hydrogens is 268 g/mol. The van der Waals surface area contributed by atoms with Gasteiger partial charge in [-0.05, 0) is 24.8 Å². The molecule has 1 aromatic rings. The normalized spacial score (nSPS) is 20.0. The van der Waals surface area contributed by atoms with E-state index < -0.39 is 11.9 Å². The molecule has 1 heterocycles. The van der Waals surface area contributed by atoms with Crippen LogP contribution >= 0.6 is 0 Å². The number of aliphatic carboxylic acids is 1. The quantitative estimate of drug-likeness (QED) is 0.866. The standard InChI is InChI=1S/C16H22N2O3/c17-14(12-5-2-1-3-6-12)8-9-15(19)18-10-4-7-13(11-18)16(20)21/h1-3,5-6,13-14H,4,7-11,17H2,(H,20,21)/t13-,14?/m1/s1. The minimum Gasteiger partial charge on any atom is -0.481 e. The molecule has 21 heavy (non-hydrogen) atoms. The van der Waals surface area contributed by atoms with Gasteiger partial charge in [-0.1, -0.05) is 30.3 Å². The van der Waals surface area contributed by atoms with Crippen LogP contribution in [0.2, 0.25) is 0 Å². The molecule has 1 aliphatic rings. The predicted molar refractivity (Wildman–Crippen MR) is 79.5 cm³/mol. The second kappa shape index (κ2) is 7.22. The number of nitrogens with zero attached hydrogens (tertiary/aromatic N) is 1. The molecule has 1 fully saturated rings. The summed E-state index contributed by atoms with van der Waals surface area (Å²) in [6.45, 7) is 0.984. The molecule has 5 heteroatoms. The lowest BCUT2D eigenvalue weighted by Gasteiger charge is -2.31. The summed E-state index contributed by atoms with van der Waals surface area (Å²) < 4.78 is 0. The van der Waals surface area contributed by atoms with Gasteiger partial charge in [0, 0.05) is 25.6 Å². The van der Waals surface area contributed by atoms with Crippen molar-refractivity contribution in [3.63, 3.8) is 0 Å². The zero-order chi connectivity index (χ0) is 15.2. The fraction of sp³-hybridized carbons (Fsp3) is 0.500. The van der Waals surface area contributed by atoms with Gasteiger partial charge in [0.2, 0.25) is 5.91 Å². The maximum Gasteiger partial charge on any atom is 0.308 e. The third-order valence-electron chi connectivity index (χ3n) is 4.02. The van der Waals surface area contributed by atoms with Crippen molar-refractivity contribution >= 4 is 11.9 Å². The summed E-state index contributed by atoms with van der Waals surface area (Å²) in [5.41, 5.74) is 7.10. The molecule has 2 rings (SSSR count). The summed E-state index contributed by atoms with van der Waals surface area (Å²) in [4.78, 5) is 24.9. The smallest absolute Gasteiger partial charge is 0.308 e.